The minimum atomic E-state index is -0.610. The Balaban J connectivity index is 2.57. The van der Waals surface area contributed by atoms with Gasteiger partial charge in [0.2, 0.25) is 0 Å². The number of aromatic nitrogens is 2. The molecule has 0 aliphatic rings. The first kappa shape index (κ1) is 17.7. The first-order chi connectivity index (χ1) is 11.0. The number of hydrogen-bond donors (Lipinski definition) is 1. The van der Waals surface area contributed by atoms with Crippen LogP contribution < -0.4 is 5.56 Å². The highest BCUT2D eigenvalue weighted by molar-refractivity contribution is 7.99. The minimum Gasteiger partial charge on any atom is -0.301 e. The molecule has 1 aromatic heterocycles. The highest BCUT2D eigenvalue weighted by Gasteiger charge is 2.24. The third-order valence-electron chi connectivity index (χ3n) is 3.70. The lowest BCUT2D eigenvalue weighted by Crippen LogP contribution is -2.19. The predicted octanol–water partition coefficient (Wildman–Crippen LogP) is 4.40. The van der Waals surface area contributed by atoms with E-state index < -0.39 is 17.6 Å². The molecular weight excluding hydrogens is 318 g/mol. The molecule has 1 aromatic carbocycles. The second-order valence-corrected chi connectivity index (χ2v) is 6.41. The molecule has 0 saturated carbocycles. The second kappa shape index (κ2) is 7.73. The summed E-state index contributed by atoms with van der Waals surface area (Å²) in [5.41, 5.74) is 0.561. The molecular formula is C17H20F2N2OS. The molecule has 0 radical (unpaired) electrons. The van der Waals surface area contributed by atoms with Crippen LogP contribution >= 0.6 is 11.8 Å². The van der Waals surface area contributed by atoms with Gasteiger partial charge in [-0.2, -0.15) is 0 Å². The zero-order valence-corrected chi connectivity index (χ0v) is 14.3. The summed E-state index contributed by atoms with van der Waals surface area (Å²) in [5.74, 6) is -0.988. The maximum Gasteiger partial charge on any atom is 0.254 e. The maximum absolute atomic E-state index is 14.1. The van der Waals surface area contributed by atoms with Gasteiger partial charge in [-0.25, -0.2) is 13.8 Å². The van der Waals surface area contributed by atoms with Gasteiger partial charge in [0.15, 0.2) is 5.16 Å². The van der Waals surface area contributed by atoms with Gasteiger partial charge in [0, 0.05) is 22.8 Å². The molecule has 1 unspecified atom stereocenters. The molecule has 0 spiro atoms. The van der Waals surface area contributed by atoms with Crippen LogP contribution in [0.4, 0.5) is 8.78 Å². The highest BCUT2D eigenvalue weighted by atomic mass is 32.2. The van der Waals surface area contributed by atoms with Crippen LogP contribution in [0.25, 0.3) is 0 Å². The van der Waals surface area contributed by atoms with Gasteiger partial charge >= 0.3 is 0 Å². The standard InChI is InChI=1S/C17H20F2N2OS/c1-4-9-23-17-20-15(10(3)16(22)21-17)11(5-2)14-12(18)7-6-8-13(14)19/h6-8,11H,4-5,9H2,1-3H3,(H,20,21,22). The third-order valence-corrected chi connectivity index (χ3v) is 4.78. The van der Waals surface area contributed by atoms with E-state index in [9.17, 15) is 13.6 Å². The summed E-state index contributed by atoms with van der Waals surface area (Å²) in [7, 11) is 0. The van der Waals surface area contributed by atoms with Gasteiger partial charge in [-0.15, -0.1) is 0 Å². The Bertz CT molecular complexity index is 726. The van der Waals surface area contributed by atoms with Crippen LogP contribution in [0.3, 0.4) is 0 Å². The van der Waals surface area contributed by atoms with E-state index in [-0.39, 0.29) is 11.1 Å². The van der Waals surface area contributed by atoms with Crippen molar-refractivity contribution < 1.29 is 8.78 Å². The third kappa shape index (κ3) is 3.80. The predicted molar refractivity (Wildman–Crippen MR) is 89.1 cm³/mol. The largest absolute Gasteiger partial charge is 0.301 e. The van der Waals surface area contributed by atoms with Crippen molar-refractivity contribution in [1.29, 1.82) is 0 Å². The number of nitrogens with one attached hydrogen (secondary N) is 1. The topological polar surface area (TPSA) is 45.8 Å². The second-order valence-electron chi connectivity index (χ2n) is 5.33. The van der Waals surface area contributed by atoms with Gasteiger partial charge in [0.05, 0.1) is 5.69 Å². The molecule has 1 heterocycles. The number of H-pyrrole nitrogens is 1. The van der Waals surface area contributed by atoms with E-state index in [1.807, 2.05) is 13.8 Å². The fourth-order valence-electron chi connectivity index (χ4n) is 2.51. The average molecular weight is 338 g/mol. The summed E-state index contributed by atoms with van der Waals surface area (Å²) < 4.78 is 28.3. The van der Waals surface area contributed by atoms with Gasteiger partial charge in [0.1, 0.15) is 11.6 Å². The van der Waals surface area contributed by atoms with Crippen molar-refractivity contribution in [3.05, 3.63) is 57.0 Å². The lowest BCUT2D eigenvalue weighted by atomic mass is 9.90. The Labute approximate surface area is 138 Å². The van der Waals surface area contributed by atoms with E-state index in [1.165, 1.54) is 30.0 Å². The molecule has 0 fully saturated rings. The van der Waals surface area contributed by atoms with Crippen LogP contribution in [-0.2, 0) is 0 Å². The maximum atomic E-state index is 14.1. The Kier molecular flexibility index (Phi) is 5.93. The fourth-order valence-corrected chi connectivity index (χ4v) is 3.24. The molecule has 1 atom stereocenters. The van der Waals surface area contributed by atoms with Gasteiger partial charge in [-0.05, 0) is 31.9 Å². The van der Waals surface area contributed by atoms with E-state index in [2.05, 4.69) is 9.97 Å². The van der Waals surface area contributed by atoms with Gasteiger partial charge in [0.25, 0.3) is 5.56 Å². The van der Waals surface area contributed by atoms with E-state index >= 15 is 0 Å². The van der Waals surface area contributed by atoms with Crippen molar-refractivity contribution in [2.75, 3.05) is 5.75 Å². The van der Waals surface area contributed by atoms with Crippen molar-refractivity contribution >= 4 is 11.8 Å². The van der Waals surface area contributed by atoms with Gasteiger partial charge in [-0.1, -0.05) is 31.7 Å². The zero-order chi connectivity index (χ0) is 17.0. The SMILES string of the molecule is CCCSc1nc(C(CC)c2c(F)cccc2F)c(C)c(=O)[nH]1. The molecule has 0 amide bonds. The van der Waals surface area contributed by atoms with Crippen LogP contribution in [0.1, 0.15) is 49.4 Å². The van der Waals surface area contributed by atoms with Crippen molar-refractivity contribution in [2.45, 2.75) is 44.7 Å². The minimum absolute atomic E-state index is 0.0253. The van der Waals surface area contributed by atoms with Crippen LogP contribution in [0.15, 0.2) is 28.2 Å². The van der Waals surface area contributed by atoms with Gasteiger partial charge in [-0.3, -0.25) is 4.79 Å². The number of hydrogen-bond acceptors (Lipinski definition) is 3. The number of aromatic amines is 1. The molecule has 6 heteroatoms. The smallest absolute Gasteiger partial charge is 0.254 e. The lowest BCUT2D eigenvalue weighted by molar-refractivity contribution is 0.530. The fraction of sp³-hybridized carbons (Fsp3) is 0.412. The number of halogens is 2. The Morgan fingerprint density at radius 1 is 1.26 bits per heavy atom. The summed E-state index contributed by atoms with van der Waals surface area (Å²) >= 11 is 1.43. The molecule has 2 aromatic rings. The summed E-state index contributed by atoms with van der Waals surface area (Å²) in [6.07, 6.45) is 1.39. The molecule has 0 bridgehead atoms. The molecule has 1 N–H and O–H groups in total. The van der Waals surface area contributed by atoms with Crippen LogP contribution in [-0.4, -0.2) is 15.7 Å². The number of nitrogens with zero attached hydrogens (tertiary/aromatic N) is 1. The van der Waals surface area contributed by atoms with Gasteiger partial charge < -0.3 is 4.98 Å². The quantitative estimate of drug-likeness (QED) is 0.627. The molecule has 23 heavy (non-hydrogen) atoms. The Morgan fingerprint density at radius 3 is 2.48 bits per heavy atom. The first-order valence-electron chi connectivity index (χ1n) is 7.67. The molecule has 0 saturated heterocycles. The molecule has 3 nitrogen and oxygen atoms in total. The normalized spacial score (nSPS) is 12.4. The first-order valence-corrected chi connectivity index (χ1v) is 8.65. The Hall–Kier alpha value is -1.69. The van der Waals surface area contributed by atoms with E-state index in [0.717, 1.165) is 12.2 Å². The van der Waals surface area contributed by atoms with Crippen molar-refractivity contribution in [3.63, 3.8) is 0 Å². The van der Waals surface area contributed by atoms with E-state index in [0.29, 0.717) is 22.8 Å². The number of rotatable bonds is 6. The van der Waals surface area contributed by atoms with Crippen molar-refractivity contribution in [2.24, 2.45) is 0 Å². The highest BCUT2D eigenvalue weighted by Crippen LogP contribution is 2.32. The van der Waals surface area contributed by atoms with Crippen molar-refractivity contribution in [3.8, 4) is 0 Å². The Morgan fingerprint density at radius 2 is 1.91 bits per heavy atom. The average Bonchev–Trinajstić information content (AvgIpc) is 2.52. The summed E-state index contributed by atoms with van der Waals surface area (Å²) in [6.45, 7) is 5.50. The molecule has 0 aliphatic carbocycles. The number of thioether (sulfide) groups is 1. The molecule has 124 valence electrons. The lowest BCUT2D eigenvalue weighted by Gasteiger charge is -2.19. The summed E-state index contributed by atoms with van der Waals surface area (Å²) in [5, 5.41) is 0.493. The van der Waals surface area contributed by atoms with E-state index in [1.54, 1.807) is 6.92 Å². The van der Waals surface area contributed by atoms with E-state index in [4.69, 9.17) is 0 Å². The summed E-state index contributed by atoms with van der Waals surface area (Å²) in [6, 6.07) is 3.80. The monoisotopic (exact) mass is 338 g/mol. The number of benzene rings is 1. The van der Waals surface area contributed by atoms with Crippen LogP contribution in [0.2, 0.25) is 0 Å². The van der Waals surface area contributed by atoms with Crippen LogP contribution in [0, 0.1) is 18.6 Å². The molecule has 0 aliphatic heterocycles. The van der Waals surface area contributed by atoms with Crippen LogP contribution in [0.5, 0.6) is 0 Å². The molecule has 2 rings (SSSR count). The van der Waals surface area contributed by atoms with Crippen molar-refractivity contribution in [1.82, 2.24) is 9.97 Å². The zero-order valence-electron chi connectivity index (χ0n) is 13.5. The summed E-state index contributed by atoms with van der Waals surface area (Å²) in [4.78, 5) is 19.3.